The van der Waals surface area contributed by atoms with Crippen LogP contribution in [0.5, 0.6) is 0 Å². The van der Waals surface area contributed by atoms with E-state index in [4.69, 9.17) is 4.74 Å². The molecule has 1 atom stereocenters. The molecule has 0 aromatic heterocycles. The Morgan fingerprint density at radius 3 is 2.62 bits per heavy atom. The molecule has 0 spiro atoms. The lowest BCUT2D eigenvalue weighted by Gasteiger charge is -2.21. The molecule has 0 saturated carbocycles. The summed E-state index contributed by atoms with van der Waals surface area (Å²) in [6.07, 6.45) is 2.04. The van der Waals surface area contributed by atoms with Crippen molar-refractivity contribution in [2.75, 3.05) is 11.4 Å². The van der Waals surface area contributed by atoms with Crippen LogP contribution in [0.3, 0.4) is 0 Å². The van der Waals surface area contributed by atoms with E-state index in [2.05, 4.69) is 0 Å². The van der Waals surface area contributed by atoms with Crippen LogP contribution in [0.2, 0.25) is 0 Å². The van der Waals surface area contributed by atoms with Crippen LogP contribution in [-0.4, -0.2) is 24.0 Å². The molecule has 0 radical (unpaired) electrons. The van der Waals surface area contributed by atoms with Crippen molar-refractivity contribution >= 4 is 23.1 Å². The average molecular weight is 333 g/mol. The minimum absolute atomic E-state index is 0.182. The highest BCUT2D eigenvalue weighted by molar-refractivity contribution is 6.34. The summed E-state index contributed by atoms with van der Waals surface area (Å²) >= 11 is 0. The number of anilines is 1. The Morgan fingerprint density at radius 2 is 2.04 bits per heavy atom. The smallest absolute Gasteiger partial charge is 0.332 e. The highest BCUT2D eigenvalue weighted by Crippen LogP contribution is 2.39. The molecule has 0 saturated heterocycles. The van der Waals surface area contributed by atoms with Crippen LogP contribution in [0.4, 0.5) is 10.1 Å². The normalized spacial score (nSPS) is 17.2. The molecule has 1 aromatic rings. The molecular formula is C19H24FNO3. The van der Waals surface area contributed by atoms with Gasteiger partial charge in [0.1, 0.15) is 11.4 Å². The van der Waals surface area contributed by atoms with Gasteiger partial charge in [0.2, 0.25) is 0 Å². The van der Waals surface area contributed by atoms with E-state index >= 15 is 0 Å². The maximum absolute atomic E-state index is 14.3. The number of esters is 1. The molecule has 4 nitrogen and oxygen atoms in total. The first kappa shape index (κ1) is 18.2. The Bertz CT molecular complexity index is 688. The molecule has 5 heteroatoms. The van der Waals surface area contributed by atoms with Gasteiger partial charge in [-0.15, -0.1) is 0 Å². The van der Waals surface area contributed by atoms with E-state index in [1.165, 1.54) is 23.1 Å². The number of fused-ring (bicyclic) bond motifs is 1. The first-order valence-corrected chi connectivity index (χ1v) is 8.19. The lowest BCUT2D eigenvalue weighted by Crippen LogP contribution is -2.31. The molecule has 0 fully saturated rings. The number of para-hydroxylation sites is 1. The van der Waals surface area contributed by atoms with Gasteiger partial charge in [-0.25, -0.2) is 9.18 Å². The van der Waals surface area contributed by atoms with Crippen molar-refractivity contribution in [3.05, 3.63) is 35.7 Å². The molecule has 1 aliphatic rings. The van der Waals surface area contributed by atoms with E-state index < -0.39 is 17.4 Å². The number of carbonyl (C=O) groups excluding carboxylic acids is 2. The zero-order chi connectivity index (χ0) is 18.1. The van der Waals surface area contributed by atoms with Gasteiger partial charge in [-0.05, 0) is 32.8 Å². The van der Waals surface area contributed by atoms with Crippen LogP contribution in [0.25, 0.3) is 5.57 Å². The number of nitrogens with zero attached hydrogens (tertiary/aromatic N) is 1. The summed E-state index contributed by atoms with van der Waals surface area (Å²) in [7, 11) is 0. The summed E-state index contributed by atoms with van der Waals surface area (Å²) in [5.74, 6) is -1.20. The van der Waals surface area contributed by atoms with Gasteiger partial charge in [0.25, 0.3) is 5.91 Å². The van der Waals surface area contributed by atoms with Gasteiger partial charge >= 0.3 is 5.97 Å². The number of carbonyl (C=O) groups is 2. The van der Waals surface area contributed by atoms with Crippen molar-refractivity contribution in [3.63, 3.8) is 0 Å². The van der Waals surface area contributed by atoms with E-state index in [-0.39, 0.29) is 23.1 Å². The topological polar surface area (TPSA) is 46.6 Å². The first-order valence-electron chi connectivity index (χ1n) is 8.19. The molecular weight excluding hydrogens is 309 g/mol. The van der Waals surface area contributed by atoms with Crippen LogP contribution in [-0.2, 0) is 14.3 Å². The Balaban J connectivity index is 2.43. The number of hydrogen-bond acceptors (Lipinski definition) is 3. The number of halogens is 1. The maximum atomic E-state index is 14.3. The predicted octanol–water partition coefficient (Wildman–Crippen LogP) is 3.94. The third-order valence-corrected chi connectivity index (χ3v) is 3.88. The Kier molecular flexibility index (Phi) is 5.11. The highest BCUT2D eigenvalue weighted by Gasteiger charge is 2.36. The highest BCUT2D eigenvalue weighted by atomic mass is 19.1. The fourth-order valence-electron chi connectivity index (χ4n) is 2.57. The largest absolute Gasteiger partial charge is 0.457 e. The number of rotatable bonds is 4. The third-order valence-electron chi connectivity index (χ3n) is 3.88. The molecule has 1 amide bonds. The number of amides is 1. The molecule has 1 aromatic carbocycles. The molecule has 24 heavy (non-hydrogen) atoms. The minimum Gasteiger partial charge on any atom is -0.457 e. The summed E-state index contributed by atoms with van der Waals surface area (Å²) in [5, 5.41) is 0. The molecule has 1 heterocycles. The summed E-state index contributed by atoms with van der Waals surface area (Å²) in [4.78, 5) is 26.3. The summed E-state index contributed by atoms with van der Waals surface area (Å²) in [6.45, 7) is 9.69. The Labute approximate surface area is 142 Å². The SMILES string of the molecule is CCC(C)CN1C(=O)C(=CC(=O)OC(C)(C)C)c2cccc(F)c21. The lowest BCUT2D eigenvalue weighted by molar-refractivity contribution is -0.148. The van der Waals surface area contributed by atoms with Crippen LogP contribution < -0.4 is 4.90 Å². The van der Waals surface area contributed by atoms with Crippen molar-refractivity contribution in [1.29, 1.82) is 0 Å². The van der Waals surface area contributed by atoms with E-state index in [1.54, 1.807) is 26.8 Å². The number of benzene rings is 1. The molecule has 130 valence electrons. The molecule has 1 unspecified atom stereocenters. The third kappa shape index (κ3) is 3.83. The van der Waals surface area contributed by atoms with Gasteiger partial charge in [0, 0.05) is 18.2 Å². The van der Waals surface area contributed by atoms with Crippen LogP contribution in [0, 0.1) is 11.7 Å². The lowest BCUT2D eigenvalue weighted by atomic mass is 10.1. The van der Waals surface area contributed by atoms with Crippen LogP contribution >= 0.6 is 0 Å². The van der Waals surface area contributed by atoms with Crippen molar-refractivity contribution in [3.8, 4) is 0 Å². The van der Waals surface area contributed by atoms with Crippen LogP contribution in [0.1, 0.15) is 46.6 Å². The Morgan fingerprint density at radius 1 is 1.38 bits per heavy atom. The van der Waals surface area contributed by atoms with E-state index in [0.29, 0.717) is 12.1 Å². The van der Waals surface area contributed by atoms with Crippen molar-refractivity contribution in [1.82, 2.24) is 0 Å². The zero-order valence-corrected chi connectivity index (χ0v) is 14.9. The number of ether oxygens (including phenoxy) is 1. The summed E-state index contributed by atoms with van der Waals surface area (Å²) in [5.41, 5.74) is 0.214. The van der Waals surface area contributed by atoms with E-state index in [1.807, 2.05) is 13.8 Å². The van der Waals surface area contributed by atoms with E-state index in [9.17, 15) is 14.0 Å². The fourth-order valence-corrected chi connectivity index (χ4v) is 2.57. The predicted molar refractivity (Wildman–Crippen MR) is 92.0 cm³/mol. The molecule has 0 bridgehead atoms. The number of hydrogen-bond donors (Lipinski definition) is 0. The maximum Gasteiger partial charge on any atom is 0.332 e. The van der Waals surface area contributed by atoms with Gasteiger partial charge in [0.05, 0.1) is 11.3 Å². The van der Waals surface area contributed by atoms with Crippen molar-refractivity contribution in [2.45, 2.75) is 46.6 Å². The molecule has 1 aliphatic heterocycles. The summed E-state index contributed by atoms with van der Waals surface area (Å²) in [6, 6.07) is 4.52. The zero-order valence-electron chi connectivity index (χ0n) is 14.9. The quantitative estimate of drug-likeness (QED) is 0.619. The van der Waals surface area contributed by atoms with E-state index in [0.717, 1.165) is 6.42 Å². The molecule has 0 aliphatic carbocycles. The standard InChI is InChI=1S/C19H24FNO3/c1-6-12(2)11-21-17-13(8-7-9-15(17)20)14(18(21)23)10-16(22)24-19(3,4)5/h7-10,12H,6,11H2,1-5H3. The summed E-state index contributed by atoms with van der Waals surface area (Å²) < 4.78 is 19.6. The van der Waals surface area contributed by atoms with Gasteiger partial charge in [-0.2, -0.15) is 0 Å². The van der Waals surface area contributed by atoms with Crippen LogP contribution in [0.15, 0.2) is 24.3 Å². The minimum atomic E-state index is -0.656. The van der Waals surface area contributed by atoms with Crippen molar-refractivity contribution in [2.24, 2.45) is 5.92 Å². The first-order chi connectivity index (χ1) is 11.1. The molecule has 2 rings (SSSR count). The van der Waals surface area contributed by atoms with Gasteiger partial charge in [0.15, 0.2) is 0 Å². The van der Waals surface area contributed by atoms with Crippen molar-refractivity contribution < 1.29 is 18.7 Å². The molecule has 0 N–H and O–H groups in total. The second-order valence-corrected chi connectivity index (χ2v) is 7.16. The average Bonchev–Trinajstić information content (AvgIpc) is 2.72. The fraction of sp³-hybridized carbons (Fsp3) is 0.474. The second-order valence-electron chi connectivity index (χ2n) is 7.16. The second kappa shape index (κ2) is 6.75. The Hall–Kier alpha value is -2.17. The van der Waals surface area contributed by atoms with Gasteiger partial charge < -0.3 is 9.64 Å². The van der Waals surface area contributed by atoms with Gasteiger partial charge in [-0.1, -0.05) is 32.4 Å². The monoisotopic (exact) mass is 333 g/mol. The van der Waals surface area contributed by atoms with Gasteiger partial charge in [-0.3, -0.25) is 4.79 Å².